The summed E-state index contributed by atoms with van der Waals surface area (Å²) in [6.45, 7) is 6.91. The third kappa shape index (κ3) is 3.16. The highest BCUT2D eigenvalue weighted by Gasteiger charge is 2.16. The molecular formula is C22H22N4O. The fourth-order valence-corrected chi connectivity index (χ4v) is 3.27. The number of hydrogen-bond acceptors (Lipinski definition) is 3. The van der Waals surface area contributed by atoms with E-state index < -0.39 is 0 Å². The van der Waals surface area contributed by atoms with Gasteiger partial charge in [0.15, 0.2) is 11.5 Å². The van der Waals surface area contributed by atoms with E-state index >= 15 is 0 Å². The number of aryl methyl sites for hydroxylation is 3. The molecule has 5 nitrogen and oxygen atoms in total. The summed E-state index contributed by atoms with van der Waals surface area (Å²) in [7, 11) is 0. The maximum absolute atomic E-state index is 12.7. The molecule has 0 atom stereocenters. The van der Waals surface area contributed by atoms with Gasteiger partial charge in [-0.3, -0.25) is 4.79 Å². The van der Waals surface area contributed by atoms with Crippen molar-refractivity contribution in [1.29, 1.82) is 0 Å². The number of hydrogen-bond donors (Lipinski definition) is 1. The van der Waals surface area contributed by atoms with Gasteiger partial charge in [0, 0.05) is 17.5 Å². The quantitative estimate of drug-likeness (QED) is 0.566. The second-order valence-corrected chi connectivity index (χ2v) is 6.90. The van der Waals surface area contributed by atoms with Gasteiger partial charge in [-0.25, -0.2) is 9.67 Å². The summed E-state index contributed by atoms with van der Waals surface area (Å²) in [5.74, 6) is 0.391. The first-order chi connectivity index (χ1) is 13.1. The van der Waals surface area contributed by atoms with Gasteiger partial charge in [-0.2, -0.15) is 5.10 Å². The molecule has 0 fully saturated rings. The van der Waals surface area contributed by atoms with E-state index in [2.05, 4.69) is 36.4 Å². The first kappa shape index (κ1) is 17.2. The number of pyridine rings is 1. The van der Waals surface area contributed by atoms with E-state index in [1.54, 1.807) is 0 Å². The van der Waals surface area contributed by atoms with Gasteiger partial charge in [0.1, 0.15) is 0 Å². The highest BCUT2D eigenvalue weighted by molar-refractivity contribution is 6.09. The predicted molar refractivity (Wildman–Crippen MR) is 109 cm³/mol. The zero-order valence-electron chi connectivity index (χ0n) is 15.8. The Balaban J connectivity index is 1.82. The van der Waals surface area contributed by atoms with Crippen LogP contribution < -0.4 is 5.32 Å². The Labute approximate surface area is 158 Å². The zero-order valence-corrected chi connectivity index (χ0v) is 15.8. The molecule has 0 aliphatic heterocycles. The molecular weight excluding hydrogens is 336 g/mol. The van der Waals surface area contributed by atoms with Crippen molar-refractivity contribution in [2.24, 2.45) is 0 Å². The molecule has 0 spiro atoms. The van der Waals surface area contributed by atoms with Crippen LogP contribution in [0.3, 0.4) is 0 Å². The summed E-state index contributed by atoms with van der Waals surface area (Å²) in [6, 6.07) is 15.7. The van der Waals surface area contributed by atoms with Crippen LogP contribution in [-0.4, -0.2) is 20.7 Å². The van der Waals surface area contributed by atoms with Crippen molar-refractivity contribution in [2.75, 3.05) is 5.32 Å². The van der Waals surface area contributed by atoms with Gasteiger partial charge >= 0.3 is 0 Å². The number of fused-ring (bicyclic) bond motifs is 2. The van der Waals surface area contributed by atoms with Crippen molar-refractivity contribution in [2.45, 2.75) is 33.7 Å². The fourth-order valence-electron chi connectivity index (χ4n) is 3.27. The van der Waals surface area contributed by atoms with Gasteiger partial charge in [-0.15, -0.1) is 0 Å². The number of nitrogens with one attached hydrogen (secondary N) is 1. The number of para-hydroxylation sites is 1. The van der Waals surface area contributed by atoms with Crippen molar-refractivity contribution >= 4 is 33.7 Å². The van der Waals surface area contributed by atoms with Gasteiger partial charge in [0.05, 0.1) is 10.9 Å². The molecule has 4 rings (SSSR count). The molecule has 0 aliphatic carbocycles. The van der Waals surface area contributed by atoms with Crippen molar-refractivity contribution in [3.8, 4) is 0 Å². The van der Waals surface area contributed by atoms with Crippen LogP contribution in [0.2, 0.25) is 0 Å². The summed E-state index contributed by atoms with van der Waals surface area (Å²) in [5.41, 5.74) is 4.64. The molecule has 0 saturated carbocycles. The predicted octanol–water partition coefficient (Wildman–Crippen LogP) is 4.86. The molecule has 27 heavy (non-hydrogen) atoms. The minimum atomic E-state index is -0.164. The van der Waals surface area contributed by atoms with Gasteiger partial charge in [-0.05, 0) is 44.0 Å². The molecule has 5 heteroatoms. The molecule has 1 N–H and O–H groups in total. The monoisotopic (exact) mass is 358 g/mol. The minimum Gasteiger partial charge on any atom is -0.305 e. The number of rotatable bonds is 4. The first-order valence-electron chi connectivity index (χ1n) is 9.21. The molecule has 0 bridgehead atoms. The van der Waals surface area contributed by atoms with Gasteiger partial charge < -0.3 is 5.32 Å². The van der Waals surface area contributed by atoms with Crippen molar-refractivity contribution in [3.63, 3.8) is 0 Å². The number of nitrogens with zero attached hydrogens (tertiary/aromatic N) is 3. The highest BCUT2D eigenvalue weighted by atomic mass is 16.1. The molecule has 0 saturated heterocycles. The second kappa shape index (κ2) is 6.83. The summed E-state index contributed by atoms with van der Waals surface area (Å²) < 4.78 is 1.88. The maximum Gasteiger partial charge on any atom is 0.256 e. The lowest BCUT2D eigenvalue weighted by Gasteiger charge is -2.04. The molecule has 2 heterocycles. The largest absolute Gasteiger partial charge is 0.305 e. The molecule has 136 valence electrons. The number of carbonyl (C=O) groups excluding carboxylic acids is 1. The SMILES string of the molecule is CCCn1nc(NC(=O)c2ccc(C)cc2)c2cc3cccc(C)c3nc21. The van der Waals surface area contributed by atoms with Crippen LogP contribution in [0.4, 0.5) is 5.82 Å². The highest BCUT2D eigenvalue weighted by Crippen LogP contribution is 2.27. The molecule has 1 amide bonds. The van der Waals surface area contributed by atoms with E-state index in [4.69, 9.17) is 4.98 Å². The van der Waals surface area contributed by atoms with Gasteiger partial charge in [0.25, 0.3) is 5.91 Å². The van der Waals surface area contributed by atoms with Crippen LogP contribution in [0.5, 0.6) is 0 Å². The number of aromatic nitrogens is 3. The third-order valence-electron chi connectivity index (χ3n) is 4.73. The number of amides is 1. The minimum absolute atomic E-state index is 0.164. The standard InChI is InChI=1S/C22H22N4O/c1-4-12-26-21-18(13-17-7-5-6-15(3)19(17)23-21)20(25-26)24-22(27)16-10-8-14(2)9-11-16/h5-11,13H,4,12H2,1-3H3,(H,24,25,27). The molecule has 0 aliphatic rings. The van der Waals surface area contributed by atoms with Crippen LogP contribution in [0.1, 0.15) is 34.8 Å². The van der Waals surface area contributed by atoms with Crippen LogP contribution in [-0.2, 0) is 6.54 Å². The van der Waals surface area contributed by atoms with Crippen molar-refractivity contribution < 1.29 is 4.79 Å². The Hall–Kier alpha value is -3.21. The summed E-state index contributed by atoms with van der Waals surface area (Å²) in [5, 5.41) is 9.51. The summed E-state index contributed by atoms with van der Waals surface area (Å²) >= 11 is 0. The molecule has 2 aromatic carbocycles. The first-order valence-corrected chi connectivity index (χ1v) is 9.21. The van der Waals surface area contributed by atoms with Crippen LogP contribution in [0.25, 0.3) is 21.9 Å². The maximum atomic E-state index is 12.7. The normalized spacial score (nSPS) is 11.2. The fraction of sp³-hybridized carbons (Fsp3) is 0.227. The summed E-state index contributed by atoms with van der Waals surface area (Å²) in [4.78, 5) is 17.5. The lowest BCUT2D eigenvalue weighted by atomic mass is 10.1. The van der Waals surface area contributed by atoms with E-state index in [1.165, 1.54) is 0 Å². The lowest BCUT2D eigenvalue weighted by molar-refractivity contribution is 0.102. The molecule has 0 unspecified atom stereocenters. The molecule has 0 radical (unpaired) electrons. The number of benzene rings is 2. The number of carbonyl (C=O) groups is 1. The Morgan fingerprint density at radius 3 is 2.63 bits per heavy atom. The topological polar surface area (TPSA) is 59.8 Å². The average molecular weight is 358 g/mol. The van der Waals surface area contributed by atoms with E-state index in [0.29, 0.717) is 11.4 Å². The average Bonchev–Trinajstić information content (AvgIpc) is 2.98. The Morgan fingerprint density at radius 2 is 1.89 bits per heavy atom. The van der Waals surface area contributed by atoms with Crippen molar-refractivity contribution in [1.82, 2.24) is 14.8 Å². The van der Waals surface area contributed by atoms with Crippen LogP contribution in [0.15, 0.2) is 48.5 Å². The lowest BCUT2D eigenvalue weighted by Crippen LogP contribution is -2.12. The van der Waals surface area contributed by atoms with Crippen LogP contribution >= 0.6 is 0 Å². The Morgan fingerprint density at radius 1 is 1.11 bits per heavy atom. The zero-order chi connectivity index (χ0) is 19.0. The van der Waals surface area contributed by atoms with Gasteiger partial charge in [-0.1, -0.05) is 42.8 Å². The number of anilines is 1. The Kier molecular flexibility index (Phi) is 4.36. The van der Waals surface area contributed by atoms with E-state index in [1.807, 2.05) is 48.0 Å². The van der Waals surface area contributed by atoms with Crippen molar-refractivity contribution in [3.05, 3.63) is 65.2 Å². The summed E-state index contributed by atoms with van der Waals surface area (Å²) in [6.07, 6.45) is 0.940. The molecule has 2 aromatic heterocycles. The van der Waals surface area contributed by atoms with E-state index in [0.717, 1.165) is 46.0 Å². The van der Waals surface area contributed by atoms with Gasteiger partial charge in [0.2, 0.25) is 0 Å². The Bertz CT molecular complexity index is 1140. The van der Waals surface area contributed by atoms with Crippen LogP contribution in [0, 0.1) is 13.8 Å². The second-order valence-electron chi connectivity index (χ2n) is 6.90. The molecule has 4 aromatic rings. The van der Waals surface area contributed by atoms with E-state index in [9.17, 15) is 4.79 Å². The van der Waals surface area contributed by atoms with E-state index in [-0.39, 0.29) is 5.91 Å². The third-order valence-corrected chi connectivity index (χ3v) is 4.73. The smallest absolute Gasteiger partial charge is 0.256 e.